The highest BCUT2D eigenvalue weighted by atomic mass is 35.5. The summed E-state index contributed by atoms with van der Waals surface area (Å²) in [5.74, 6) is 0. The van der Waals surface area contributed by atoms with E-state index in [0.717, 1.165) is 33.5 Å². The zero-order chi connectivity index (χ0) is 13.8. The number of hydrogen-bond donors (Lipinski definition) is 1. The van der Waals surface area contributed by atoms with Crippen LogP contribution in [0.5, 0.6) is 0 Å². The first-order chi connectivity index (χ1) is 9.11. The lowest BCUT2D eigenvalue weighted by atomic mass is 10.0. The van der Waals surface area contributed by atoms with Crippen LogP contribution in [0.3, 0.4) is 0 Å². The Morgan fingerprint density at radius 3 is 2.89 bits per heavy atom. The molecule has 2 aromatic rings. The number of aromatic nitrogens is 3. The van der Waals surface area contributed by atoms with Gasteiger partial charge in [0.2, 0.25) is 0 Å². The van der Waals surface area contributed by atoms with E-state index in [-0.39, 0.29) is 6.04 Å². The fourth-order valence-electron chi connectivity index (χ4n) is 1.71. The predicted molar refractivity (Wildman–Crippen MR) is 78.5 cm³/mol. The highest BCUT2D eigenvalue weighted by Gasteiger charge is 2.13. The van der Waals surface area contributed by atoms with E-state index in [1.54, 1.807) is 6.33 Å². The van der Waals surface area contributed by atoms with Crippen molar-refractivity contribution >= 4 is 23.4 Å². The second-order valence-electron chi connectivity index (χ2n) is 4.43. The molecule has 1 heterocycles. The molecule has 0 saturated heterocycles. The summed E-state index contributed by atoms with van der Waals surface area (Å²) in [4.78, 5) is 1.02. The van der Waals surface area contributed by atoms with Crippen molar-refractivity contribution in [1.29, 1.82) is 0 Å². The molecule has 0 amide bonds. The van der Waals surface area contributed by atoms with Crippen molar-refractivity contribution in [1.82, 2.24) is 14.8 Å². The topological polar surface area (TPSA) is 56.7 Å². The molecule has 1 atom stereocenters. The monoisotopic (exact) mass is 296 g/mol. The lowest BCUT2D eigenvalue weighted by Gasteiger charge is -2.14. The summed E-state index contributed by atoms with van der Waals surface area (Å²) in [5.41, 5.74) is 7.20. The van der Waals surface area contributed by atoms with E-state index in [1.165, 1.54) is 11.8 Å². The molecule has 19 heavy (non-hydrogen) atoms. The summed E-state index contributed by atoms with van der Waals surface area (Å²) in [6.07, 6.45) is 3.44. The van der Waals surface area contributed by atoms with E-state index in [4.69, 9.17) is 17.3 Å². The van der Waals surface area contributed by atoms with Gasteiger partial charge in [0, 0.05) is 18.0 Å². The van der Waals surface area contributed by atoms with Crippen LogP contribution in [0.15, 0.2) is 34.6 Å². The van der Waals surface area contributed by atoms with Crippen molar-refractivity contribution in [3.05, 3.63) is 35.1 Å². The van der Waals surface area contributed by atoms with Gasteiger partial charge in [-0.2, -0.15) is 0 Å². The summed E-state index contributed by atoms with van der Waals surface area (Å²) in [6.45, 7) is 2.09. The summed E-state index contributed by atoms with van der Waals surface area (Å²) in [5, 5.41) is 9.51. The quantitative estimate of drug-likeness (QED) is 0.922. The number of aryl methyl sites for hydroxylation is 1. The number of halogens is 1. The summed E-state index contributed by atoms with van der Waals surface area (Å²) >= 11 is 7.83. The molecule has 0 aliphatic rings. The SMILES string of the molecule is CCC(N)Cc1cccc(Cl)c1Sc1nncn1C. The van der Waals surface area contributed by atoms with E-state index in [1.807, 2.05) is 23.7 Å². The maximum Gasteiger partial charge on any atom is 0.195 e. The van der Waals surface area contributed by atoms with Gasteiger partial charge >= 0.3 is 0 Å². The first-order valence-corrected chi connectivity index (χ1v) is 7.36. The van der Waals surface area contributed by atoms with Gasteiger partial charge in [0.25, 0.3) is 0 Å². The molecule has 4 nitrogen and oxygen atoms in total. The molecular weight excluding hydrogens is 280 g/mol. The van der Waals surface area contributed by atoms with E-state index in [0.29, 0.717) is 0 Å². The van der Waals surface area contributed by atoms with Crippen LogP contribution in [0.1, 0.15) is 18.9 Å². The van der Waals surface area contributed by atoms with Gasteiger partial charge in [0.05, 0.1) is 5.02 Å². The molecule has 2 N–H and O–H groups in total. The Bertz CT molecular complexity index is 555. The molecule has 1 aromatic heterocycles. The Morgan fingerprint density at radius 2 is 2.26 bits per heavy atom. The van der Waals surface area contributed by atoms with Crippen molar-refractivity contribution in [3.63, 3.8) is 0 Å². The molecule has 0 aliphatic carbocycles. The number of rotatable bonds is 5. The fourth-order valence-corrected chi connectivity index (χ4v) is 2.93. The minimum Gasteiger partial charge on any atom is -0.327 e. The highest BCUT2D eigenvalue weighted by Crippen LogP contribution is 2.35. The summed E-state index contributed by atoms with van der Waals surface area (Å²) in [7, 11) is 1.91. The van der Waals surface area contributed by atoms with Gasteiger partial charge < -0.3 is 10.3 Å². The molecule has 2 rings (SSSR count). The third kappa shape index (κ3) is 3.49. The molecule has 0 radical (unpaired) electrons. The number of benzene rings is 1. The van der Waals surface area contributed by atoms with Crippen LogP contribution in [0, 0.1) is 0 Å². The smallest absolute Gasteiger partial charge is 0.195 e. The van der Waals surface area contributed by atoms with Crippen LogP contribution in [-0.2, 0) is 13.5 Å². The fraction of sp³-hybridized carbons (Fsp3) is 0.385. The summed E-state index contributed by atoms with van der Waals surface area (Å²) < 4.78 is 1.87. The van der Waals surface area contributed by atoms with Crippen molar-refractivity contribution in [2.24, 2.45) is 12.8 Å². The molecule has 0 aliphatic heterocycles. The number of nitrogens with two attached hydrogens (primary N) is 1. The van der Waals surface area contributed by atoms with Gasteiger partial charge in [0.1, 0.15) is 6.33 Å². The molecule has 0 bridgehead atoms. The van der Waals surface area contributed by atoms with Crippen LogP contribution in [0.2, 0.25) is 5.02 Å². The highest BCUT2D eigenvalue weighted by molar-refractivity contribution is 7.99. The molecule has 0 fully saturated rings. The predicted octanol–water partition coefficient (Wildman–Crippen LogP) is 2.90. The largest absolute Gasteiger partial charge is 0.327 e. The Kier molecular flexibility index (Phi) is 4.85. The molecule has 6 heteroatoms. The van der Waals surface area contributed by atoms with Gasteiger partial charge in [-0.25, -0.2) is 0 Å². The molecule has 102 valence electrons. The van der Waals surface area contributed by atoms with Crippen LogP contribution in [0.4, 0.5) is 0 Å². The first kappa shape index (κ1) is 14.4. The molecule has 0 saturated carbocycles. The standard InChI is InChI=1S/C13H17ClN4S/c1-3-10(15)7-9-5-4-6-11(14)12(9)19-13-17-16-8-18(13)2/h4-6,8,10H,3,7,15H2,1-2H3. The van der Waals surface area contributed by atoms with Gasteiger partial charge in [-0.3, -0.25) is 0 Å². The Balaban J connectivity index is 2.30. The Hall–Kier alpha value is -1.04. The van der Waals surface area contributed by atoms with Crippen molar-refractivity contribution in [2.45, 2.75) is 35.9 Å². The third-order valence-corrected chi connectivity index (χ3v) is 4.58. The van der Waals surface area contributed by atoms with E-state index in [9.17, 15) is 0 Å². The lowest BCUT2D eigenvalue weighted by Crippen LogP contribution is -2.21. The van der Waals surface area contributed by atoms with E-state index < -0.39 is 0 Å². The Labute approximate surface area is 122 Å². The van der Waals surface area contributed by atoms with E-state index in [2.05, 4.69) is 23.2 Å². The lowest BCUT2D eigenvalue weighted by molar-refractivity contribution is 0.641. The van der Waals surface area contributed by atoms with Crippen LogP contribution >= 0.6 is 23.4 Å². The van der Waals surface area contributed by atoms with Crippen molar-refractivity contribution < 1.29 is 0 Å². The summed E-state index contributed by atoms with van der Waals surface area (Å²) in [6, 6.07) is 6.07. The average molecular weight is 297 g/mol. The molecular formula is C13H17ClN4S. The molecule has 1 aromatic carbocycles. The second kappa shape index (κ2) is 6.41. The molecule has 0 spiro atoms. The van der Waals surface area contributed by atoms with Crippen LogP contribution < -0.4 is 5.73 Å². The van der Waals surface area contributed by atoms with Gasteiger partial charge in [-0.15, -0.1) is 10.2 Å². The van der Waals surface area contributed by atoms with E-state index >= 15 is 0 Å². The van der Waals surface area contributed by atoms with Gasteiger partial charge in [0.15, 0.2) is 5.16 Å². The molecule has 1 unspecified atom stereocenters. The minimum absolute atomic E-state index is 0.150. The van der Waals surface area contributed by atoms with Gasteiger partial charge in [-0.05, 0) is 36.2 Å². The maximum atomic E-state index is 6.31. The minimum atomic E-state index is 0.150. The van der Waals surface area contributed by atoms with Gasteiger partial charge in [-0.1, -0.05) is 30.7 Å². The van der Waals surface area contributed by atoms with Crippen LogP contribution in [-0.4, -0.2) is 20.8 Å². The first-order valence-electron chi connectivity index (χ1n) is 6.16. The maximum absolute atomic E-state index is 6.31. The zero-order valence-electron chi connectivity index (χ0n) is 11.0. The van der Waals surface area contributed by atoms with Crippen molar-refractivity contribution in [3.8, 4) is 0 Å². The van der Waals surface area contributed by atoms with Crippen LogP contribution in [0.25, 0.3) is 0 Å². The van der Waals surface area contributed by atoms with Crippen molar-refractivity contribution in [2.75, 3.05) is 0 Å². The number of hydrogen-bond acceptors (Lipinski definition) is 4. The number of nitrogens with zero attached hydrogens (tertiary/aromatic N) is 3. The Morgan fingerprint density at radius 1 is 1.47 bits per heavy atom. The average Bonchev–Trinajstić information content (AvgIpc) is 2.79. The normalized spacial score (nSPS) is 12.6. The second-order valence-corrected chi connectivity index (χ2v) is 5.81. The zero-order valence-corrected chi connectivity index (χ0v) is 12.6. The third-order valence-electron chi connectivity index (χ3n) is 2.92.